The van der Waals surface area contributed by atoms with Crippen LogP contribution in [0.5, 0.6) is 0 Å². The van der Waals surface area contributed by atoms with E-state index in [4.69, 9.17) is 9.57 Å². The maximum Gasteiger partial charge on any atom is 0.411 e. The van der Waals surface area contributed by atoms with Crippen molar-refractivity contribution in [1.29, 1.82) is 0 Å². The number of amides is 1. The fourth-order valence-electron chi connectivity index (χ4n) is 5.94. The Hall–Kier alpha value is -2.57. The third kappa shape index (κ3) is 3.79. The van der Waals surface area contributed by atoms with Gasteiger partial charge in [0.2, 0.25) is 0 Å². The fourth-order valence-corrected chi connectivity index (χ4v) is 5.94. The summed E-state index contributed by atoms with van der Waals surface area (Å²) in [6.07, 6.45) is 3.43. The number of ether oxygens (including phenoxy) is 1. The molecule has 0 saturated carbocycles. The third-order valence-electron chi connectivity index (χ3n) is 7.52. The van der Waals surface area contributed by atoms with Crippen molar-refractivity contribution in [2.45, 2.75) is 82.8 Å². The molecule has 2 atom stereocenters. The van der Waals surface area contributed by atoms with Crippen molar-refractivity contribution in [2.75, 3.05) is 11.9 Å². The van der Waals surface area contributed by atoms with Crippen LogP contribution in [0, 0.1) is 0 Å². The van der Waals surface area contributed by atoms with Crippen LogP contribution < -0.4 is 5.32 Å². The molecule has 33 heavy (non-hydrogen) atoms. The fraction of sp³-hybridized carbons (Fsp3) is 0.519. The molecule has 5 rings (SSSR count). The number of nitrogens with one attached hydrogen (secondary N) is 1. The first-order chi connectivity index (χ1) is 15.7. The van der Waals surface area contributed by atoms with Gasteiger partial charge in [0, 0.05) is 35.3 Å². The highest BCUT2D eigenvalue weighted by molar-refractivity contribution is 5.72. The van der Waals surface area contributed by atoms with Gasteiger partial charge in [-0.25, -0.2) is 4.79 Å². The van der Waals surface area contributed by atoms with Gasteiger partial charge in [0.1, 0.15) is 12.8 Å². The van der Waals surface area contributed by atoms with Crippen molar-refractivity contribution >= 4 is 11.8 Å². The Labute approximate surface area is 196 Å². The van der Waals surface area contributed by atoms with E-state index in [1.165, 1.54) is 6.42 Å². The summed E-state index contributed by atoms with van der Waals surface area (Å²) in [6.45, 7) is 9.87. The molecule has 2 aromatic rings. The number of fused-ring (bicyclic) bond motifs is 3. The van der Waals surface area contributed by atoms with E-state index in [9.17, 15) is 4.79 Å². The van der Waals surface area contributed by atoms with Gasteiger partial charge < -0.3 is 10.1 Å². The van der Waals surface area contributed by atoms with E-state index in [1.807, 2.05) is 36.4 Å². The Morgan fingerprint density at radius 3 is 2.36 bits per heavy atom. The van der Waals surface area contributed by atoms with Crippen LogP contribution in [0.2, 0.25) is 0 Å². The lowest BCUT2D eigenvalue weighted by Gasteiger charge is -2.54. The molecule has 0 spiro atoms. The second-order valence-corrected chi connectivity index (χ2v) is 10.8. The SMILES string of the molecule is CC1(C)CCCC(C)(C)N1O[C@@]12CCN(C(=O)OCc3ccccc3)[C@@H]1Nc1ccccc12. The van der Waals surface area contributed by atoms with Crippen molar-refractivity contribution in [3.05, 3.63) is 65.7 Å². The molecule has 1 N–H and O–H groups in total. The summed E-state index contributed by atoms with van der Waals surface area (Å²) >= 11 is 0. The average Bonchev–Trinajstić information content (AvgIpc) is 3.29. The highest BCUT2D eigenvalue weighted by Crippen LogP contribution is 2.52. The Morgan fingerprint density at radius 1 is 0.970 bits per heavy atom. The highest BCUT2D eigenvalue weighted by atomic mass is 16.7. The minimum Gasteiger partial charge on any atom is -0.444 e. The Kier molecular flexibility index (Phi) is 5.41. The first-order valence-electron chi connectivity index (χ1n) is 12.1. The molecular weight excluding hydrogens is 414 g/mol. The molecule has 0 radical (unpaired) electrons. The van der Waals surface area contributed by atoms with Crippen LogP contribution in [0.1, 0.15) is 64.5 Å². The smallest absolute Gasteiger partial charge is 0.411 e. The van der Waals surface area contributed by atoms with Crippen molar-refractivity contribution in [1.82, 2.24) is 9.96 Å². The quantitative estimate of drug-likeness (QED) is 0.654. The molecule has 176 valence electrons. The molecule has 2 fully saturated rings. The normalized spacial score (nSPS) is 27.5. The van der Waals surface area contributed by atoms with E-state index in [0.717, 1.165) is 29.7 Å². The number of piperidine rings is 1. The first kappa shape index (κ1) is 22.2. The summed E-state index contributed by atoms with van der Waals surface area (Å²) < 4.78 is 5.71. The minimum atomic E-state index is -0.645. The van der Waals surface area contributed by atoms with Crippen LogP contribution in [0.25, 0.3) is 0 Å². The number of hydrogen-bond acceptors (Lipinski definition) is 5. The zero-order chi connectivity index (χ0) is 23.3. The summed E-state index contributed by atoms with van der Waals surface area (Å²) in [4.78, 5) is 22.1. The molecule has 0 bridgehead atoms. The Morgan fingerprint density at radius 2 is 1.64 bits per heavy atom. The molecule has 3 aliphatic heterocycles. The number of carbonyl (C=O) groups excluding carboxylic acids is 1. The molecule has 1 amide bonds. The zero-order valence-corrected chi connectivity index (χ0v) is 20.1. The minimum absolute atomic E-state index is 0.0974. The van der Waals surface area contributed by atoms with Crippen molar-refractivity contribution in [3.8, 4) is 0 Å². The van der Waals surface area contributed by atoms with Crippen LogP contribution in [-0.2, 0) is 21.8 Å². The van der Waals surface area contributed by atoms with Crippen molar-refractivity contribution in [2.24, 2.45) is 0 Å². The van der Waals surface area contributed by atoms with Crippen LogP contribution >= 0.6 is 0 Å². The molecule has 2 saturated heterocycles. The zero-order valence-electron chi connectivity index (χ0n) is 20.1. The summed E-state index contributed by atoms with van der Waals surface area (Å²) in [5.41, 5.74) is 2.28. The summed E-state index contributed by atoms with van der Waals surface area (Å²) in [6, 6.07) is 18.1. The van der Waals surface area contributed by atoms with Gasteiger partial charge in [-0.1, -0.05) is 48.5 Å². The number of carbonyl (C=O) groups is 1. The number of benzene rings is 2. The lowest BCUT2D eigenvalue weighted by Crippen LogP contribution is -2.62. The van der Waals surface area contributed by atoms with E-state index < -0.39 is 5.60 Å². The molecule has 6 heteroatoms. The Bertz CT molecular complexity index is 1010. The summed E-state index contributed by atoms with van der Waals surface area (Å²) in [7, 11) is 0. The van der Waals surface area contributed by atoms with Crippen LogP contribution in [0.15, 0.2) is 54.6 Å². The number of para-hydroxylation sites is 1. The van der Waals surface area contributed by atoms with Crippen molar-refractivity contribution in [3.63, 3.8) is 0 Å². The number of nitrogens with zero attached hydrogens (tertiary/aromatic N) is 2. The number of rotatable bonds is 4. The predicted molar refractivity (Wildman–Crippen MR) is 128 cm³/mol. The summed E-state index contributed by atoms with van der Waals surface area (Å²) in [5, 5.41) is 5.81. The molecule has 0 aromatic heterocycles. The van der Waals surface area contributed by atoms with E-state index in [2.05, 4.69) is 56.3 Å². The molecule has 0 unspecified atom stereocenters. The molecule has 2 aromatic carbocycles. The van der Waals surface area contributed by atoms with E-state index in [1.54, 1.807) is 4.90 Å². The first-order valence-corrected chi connectivity index (χ1v) is 12.1. The number of hydrogen-bond donors (Lipinski definition) is 1. The molecule has 0 aliphatic carbocycles. The highest BCUT2D eigenvalue weighted by Gasteiger charge is 2.60. The Balaban J connectivity index is 1.44. The summed E-state index contributed by atoms with van der Waals surface area (Å²) in [5.74, 6) is 0. The number of likely N-dealkylation sites (tertiary alicyclic amines) is 1. The molecular formula is C27H35N3O3. The molecule has 6 nitrogen and oxygen atoms in total. The predicted octanol–water partition coefficient (Wildman–Crippen LogP) is 5.65. The second-order valence-electron chi connectivity index (χ2n) is 10.8. The standard InChI is InChI=1S/C27H35N3O3/c1-25(2)15-10-16-26(3,4)30(25)33-27-17-18-29(23(27)28-22-14-9-8-13-21(22)27)24(31)32-19-20-11-6-5-7-12-20/h5-9,11-14,23,28H,10,15-19H2,1-4H3/t23-,27+/m0/s1. The van der Waals surface area contributed by atoms with Crippen LogP contribution in [-0.4, -0.2) is 39.8 Å². The van der Waals surface area contributed by atoms with E-state index in [-0.39, 0.29) is 29.9 Å². The van der Waals surface area contributed by atoms with Gasteiger partial charge in [-0.2, -0.15) is 5.06 Å². The number of hydroxylamine groups is 2. The van der Waals surface area contributed by atoms with E-state index in [0.29, 0.717) is 13.0 Å². The average molecular weight is 450 g/mol. The van der Waals surface area contributed by atoms with Gasteiger partial charge in [0.05, 0.1) is 0 Å². The van der Waals surface area contributed by atoms with Crippen LogP contribution in [0.3, 0.4) is 0 Å². The van der Waals surface area contributed by atoms with Gasteiger partial charge in [-0.15, -0.1) is 0 Å². The van der Waals surface area contributed by atoms with Crippen LogP contribution in [0.4, 0.5) is 10.5 Å². The topological polar surface area (TPSA) is 54.0 Å². The maximum atomic E-state index is 13.2. The lowest BCUT2D eigenvalue weighted by molar-refractivity contribution is -0.341. The van der Waals surface area contributed by atoms with Gasteiger partial charge >= 0.3 is 6.09 Å². The molecule has 3 heterocycles. The van der Waals surface area contributed by atoms with Crippen molar-refractivity contribution < 1.29 is 14.4 Å². The van der Waals surface area contributed by atoms with Gasteiger partial charge in [-0.05, 0) is 58.6 Å². The number of anilines is 1. The van der Waals surface area contributed by atoms with Gasteiger partial charge in [-0.3, -0.25) is 9.74 Å². The maximum absolute atomic E-state index is 13.2. The second kappa shape index (κ2) is 8.03. The van der Waals surface area contributed by atoms with E-state index >= 15 is 0 Å². The monoisotopic (exact) mass is 449 g/mol. The molecule has 3 aliphatic rings. The largest absolute Gasteiger partial charge is 0.444 e. The van der Waals surface area contributed by atoms with Gasteiger partial charge in [0.25, 0.3) is 0 Å². The van der Waals surface area contributed by atoms with Gasteiger partial charge in [0.15, 0.2) is 5.60 Å². The lowest BCUT2D eigenvalue weighted by atomic mass is 9.82. The third-order valence-corrected chi connectivity index (χ3v) is 7.52.